The monoisotopic (exact) mass is 265 g/mol. The van der Waals surface area contributed by atoms with E-state index in [1.54, 1.807) is 6.92 Å². The predicted molar refractivity (Wildman–Crippen MR) is 75.2 cm³/mol. The van der Waals surface area contributed by atoms with Gasteiger partial charge in [-0.2, -0.15) is 0 Å². The van der Waals surface area contributed by atoms with Crippen molar-refractivity contribution in [3.05, 3.63) is 29.8 Å². The van der Waals surface area contributed by atoms with Gasteiger partial charge in [0.15, 0.2) is 0 Å². The number of ether oxygens (including phenoxy) is 2. The van der Waals surface area contributed by atoms with Crippen LogP contribution in [0.2, 0.25) is 0 Å². The highest BCUT2D eigenvalue weighted by Crippen LogP contribution is 2.19. The Morgan fingerprint density at radius 1 is 1.11 bits per heavy atom. The third-order valence-electron chi connectivity index (χ3n) is 2.81. The van der Waals surface area contributed by atoms with E-state index in [0.717, 1.165) is 11.3 Å². The third-order valence-corrected chi connectivity index (χ3v) is 2.81. The van der Waals surface area contributed by atoms with Gasteiger partial charge >= 0.3 is 5.97 Å². The lowest BCUT2D eigenvalue weighted by Crippen LogP contribution is -2.36. The Morgan fingerprint density at radius 2 is 1.68 bits per heavy atom. The Bertz CT molecular complexity index is 400. The van der Waals surface area contributed by atoms with E-state index < -0.39 is 0 Å². The topological polar surface area (TPSA) is 47.6 Å². The Kier molecular flexibility index (Phi) is 5.83. The summed E-state index contributed by atoms with van der Waals surface area (Å²) in [6.45, 7) is 7.79. The van der Waals surface area contributed by atoms with E-state index in [4.69, 9.17) is 9.47 Å². The maximum Gasteiger partial charge on any atom is 0.322 e. The van der Waals surface area contributed by atoms with Crippen molar-refractivity contribution in [2.45, 2.75) is 45.9 Å². The summed E-state index contributed by atoms with van der Waals surface area (Å²) in [7, 11) is 1.39. The number of hydrogen-bond donors (Lipinski definition) is 1. The molecule has 0 aliphatic heterocycles. The van der Waals surface area contributed by atoms with Gasteiger partial charge in [0.1, 0.15) is 11.8 Å². The first-order valence-corrected chi connectivity index (χ1v) is 6.54. The highest BCUT2D eigenvalue weighted by atomic mass is 16.5. The molecule has 0 aliphatic rings. The average Bonchev–Trinajstić information content (AvgIpc) is 2.37. The SMILES string of the molecule is COC(=O)C(C)NC(C)c1ccc(OC(C)C)cc1. The number of methoxy groups -OCH3 is 1. The molecule has 1 rings (SSSR count). The molecule has 0 bridgehead atoms. The lowest BCUT2D eigenvalue weighted by atomic mass is 10.1. The second kappa shape index (κ2) is 7.14. The smallest absolute Gasteiger partial charge is 0.322 e. The van der Waals surface area contributed by atoms with E-state index in [9.17, 15) is 4.79 Å². The van der Waals surface area contributed by atoms with Crippen LogP contribution in [0.15, 0.2) is 24.3 Å². The van der Waals surface area contributed by atoms with Crippen molar-refractivity contribution in [3.63, 3.8) is 0 Å². The van der Waals surface area contributed by atoms with Gasteiger partial charge in [-0.15, -0.1) is 0 Å². The van der Waals surface area contributed by atoms with Crippen molar-refractivity contribution in [2.24, 2.45) is 0 Å². The fourth-order valence-corrected chi connectivity index (χ4v) is 1.82. The first-order chi connectivity index (χ1) is 8.93. The zero-order valence-electron chi connectivity index (χ0n) is 12.3. The Labute approximate surface area is 115 Å². The zero-order valence-corrected chi connectivity index (χ0v) is 12.3. The third kappa shape index (κ3) is 4.91. The molecule has 0 aromatic heterocycles. The van der Waals surface area contributed by atoms with Gasteiger partial charge in [-0.3, -0.25) is 10.1 Å². The largest absolute Gasteiger partial charge is 0.491 e. The molecular weight excluding hydrogens is 242 g/mol. The van der Waals surface area contributed by atoms with Gasteiger partial charge in [0, 0.05) is 6.04 Å². The number of esters is 1. The molecule has 0 amide bonds. The molecule has 4 nitrogen and oxygen atoms in total. The van der Waals surface area contributed by atoms with Crippen LogP contribution in [0.1, 0.15) is 39.3 Å². The van der Waals surface area contributed by atoms with Crippen molar-refractivity contribution in [1.29, 1.82) is 0 Å². The van der Waals surface area contributed by atoms with Crippen molar-refractivity contribution in [1.82, 2.24) is 5.32 Å². The summed E-state index contributed by atoms with van der Waals surface area (Å²) in [6.07, 6.45) is 0.167. The van der Waals surface area contributed by atoms with Crippen LogP contribution >= 0.6 is 0 Å². The summed E-state index contributed by atoms with van der Waals surface area (Å²) in [6, 6.07) is 7.62. The first-order valence-electron chi connectivity index (χ1n) is 6.54. The van der Waals surface area contributed by atoms with Crippen molar-refractivity contribution >= 4 is 5.97 Å². The molecule has 1 aromatic carbocycles. The summed E-state index contributed by atoms with van der Waals surface area (Å²) in [5.41, 5.74) is 1.10. The molecule has 1 aromatic rings. The number of nitrogens with one attached hydrogen (secondary N) is 1. The molecule has 2 unspecified atom stereocenters. The van der Waals surface area contributed by atoms with Crippen LogP contribution in [-0.2, 0) is 9.53 Å². The normalized spacial score (nSPS) is 14.0. The van der Waals surface area contributed by atoms with Crippen LogP contribution in [0.5, 0.6) is 5.75 Å². The second-order valence-electron chi connectivity index (χ2n) is 4.87. The average molecular weight is 265 g/mol. The van der Waals surface area contributed by atoms with Gasteiger partial charge in [-0.25, -0.2) is 0 Å². The highest BCUT2D eigenvalue weighted by Gasteiger charge is 2.16. The molecule has 0 saturated carbocycles. The van der Waals surface area contributed by atoms with Crippen LogP contribution in [0.25, 0.3) is 0 Å². The van der Waals surface area contributed by atoms with Gasteiger partial charge in [0.25, 0.3) is 0 Å². The minimum atomic E-state index is -0.327. The minimum absolute atomic E-state index is 0.0715. The standard InChI is InChI=1S/C15H23NO3/c1-10(2)19-14-8-6-13(7-9-14)11(3)16-12(4)15(17)18-5/h6-12,16H,1-5H3. The molecule has 0 fully saturated rings. The van der Waals surface area contributed by atoms with E-state index in [1.165, 1.54) is 7.11 Å². The Morgan fingerprint density at radius 3 is 2.16 bits per heavy atom. The van der Waals surface area contributed by atoms with E-state index in [1.807, 2.05) is 45.0 Å². The summed E-state index contributed by atoms with van der Waals surface area (Å²) in [5, 5.41) is 3.19. The van der Waals surface area contributed by atoms with Crippen LogP contribution in [0.4, 0.5) is 0 Å². The summed E-state index contributed by atoms with van der Waals surface area (Å²) >= 11 is 0. The van der Waals surface area contributed by atoms with Gasteiger partial charge in [-0.05, 0) is 45.4 Å². The first kappa shape index (κ1) is 15.5. The van der Waals surface area contributed by atoms with Crippen molar-refractivity contribution < 1.29 is 14.3 Å². The van der Waals surface area contributed by atoms with Crippen LogP contribution in [0.3, 0.4) is 0 Å². The summed E-state index contributed by atoms with van der Waals surface area (Å²) < 4.78 is 10.3. The van der Waals surface area contributed by atoms with E-state index >= 15 is 0 Å². The van der Waals surface area contributed by atoms with Crippen molar-refractivity contribution in [2.75, 3.05) is 7.11 Å². The molecule has 0 saturated heterocycles. The number of rotatable bonds is 6. The molecule has 0 heterocycles. The van der Waals surface area contributed by atoms with Gasteiger partial charge in [-0.1, -0.05) is 12.1 Å². The van der Waals surface area contributed by atoms with Crippen LogP contribution in [0, 0.1) is 0 Å². The number of carbonyl (C=O) groups is 1. The van der Waals surface area contributed by atoms with Gasteiger partial charge in [0.2, 0.25) is 0 Å². The fourth-order valence-electron chi connectivity index (χ4n) is 1.82. The number of carbonyl (C=O) groups excluding carboxylic acids is 1. The maximum atomic E-state index is 11.3. The van der Waals surface area contributed by atoms with Crippen LogP contribution in [-0.4, -0.2) is 25.2 Å². The van der Waals surface area contributed by atoms with E-state index in [2.05, 4.69) is 5.32 Å². The predicted octanol–water partition coefficient (Wildman–Crippen LogP) is 2.69. The Balaban J connectivity index is 2.62. The molecule has 0 spiro atoms. The molecular formula is C15H23NO3. The molecule has 106 valence electrons. The lowest BCUT2D eigenvalue weighted by Gasteiger charge is -2.19. The summed E-state index contributed by atoms with van der Waals surface area (Å²) in [5.74, 6) is 0.596. The van der Waals surface area contributed by atoms with Gasteiger partial charge < -0.3 is 9.47 Å². The Hall–Kier alpha value is -1.55. The fraction of sp³-hybridized carbons (Fsp3) is 0.533. The van der Waals surface area contributed by atoms with E-state index in [-0.39, 0.29) is 24.2 Å². The maximum absolute atomic E-state index is 11.3. The quantitative estimate of drug-likeness (QED) is 0.803. The van der Waals surface area contributed by atoms with Crippen molar-refractivity contribution in [3.8, 4) is 5.75 Å². The van der Waals surface area contributed by atoms with Crippen LogP contribution < -0.4 is 10.1 Å². The zero-order chi connectivity index (χ0) is 14.4. The second-order valence-corrected chi connectivity index (χ2v) is 4.87. The van der Waals surface area contributed by atoms with E-state index in [0.29, 0.717) is 0 Å². The minimum Gasteiger partial charge on any atom is -0.491 e. The molecule has 0 radical (unpaired) electrons. The molecule has 0 aliphatic carbocycles. The molecule has 4 heteroatoms. The van der Waals surface area contributed by atoms with Gasteiger partial charge in [0.05, 0.1) is 13.2 Å². The molecule has 19 heavy (non-hydrogen) atoms. The summed E-state index contributed by atoms with van der Waals surface area (Å²) in [4.78, 5) is 11.3. The lowest BCUT2D eigenvalue weighted by molar-refractivity contribution is -0.142. The highest BCUT2D eigenvalue weighted by molar-refractivity contribution is 5.75. The molecule has 1 N–H and O–H groups in total. The number of benzene rings is 1. The number of hydrogen-bond acceptors (Lipinski definition) is 4. The molecule has 2 atom stereocenters.